The minimum Gasteiger partial charge on any atom is -0.481 e. The van der Waals surface area contributed by atoms with Crippen molar-refractivity contribution in [2.24, 2.45) is 5.92 Å². The van der Waals surface area contributed by atoms with Gasteiger partial charge in [-0.1, -0.05) is 140 Å². The van der Waals surface area contributed by atoms with E-state index in [4.69, 9.17) is 4.43 Å². The van der Waals surface area contributed by atoms with Gasteiger partial charge in [0.15, 0.2) is 8.32 Å². The molecular formula is C30H37LiOSi2. The number of hydrogen-bond acceptors (Lipinski definition) is 1. The van der Waals surface area contributed by atoms with E-state index in [-0.39, 0.29) is 30.0 Å². The molecule has 1 aliphatic carbocycles. The standard InChI is InChI=1S/C30H37OSi2.Li/c1-24-22-29(31-32(5,6)30(2,3)4)28(24)23-33(25-16-10-7-11-17-25,26-18-12-8-13-19-26)27-20-14-9-15-21-27;/h7-21,24,29H,22H2,1-6H3;/q-1;+1/t24-,29+;/m0./s1. The van der Waals surface area contributed by atoms with Crippen LogP contribution in [0.2, 0.25) is 18.1 Å². The molecule has 0 unspecified atom stereocenters. The van der Waals surface area contributed by atoms with Gasteiger partial charge in [-0.3, -0.25) is 0 Å². The quantitative estimate of drug-likeness (QED) is 0.302. The van der Waals surface area contributed by atoms with Crippen LogP contribution in [0.3, 0.4) is 0 Å². The van der Waals surface area contributed by atoms with Crippen molar-refractivity contribution in [1.29, 1.82) is 0 Å². The van der Waals surface area contributed by atoms with Crippen molar-refractivity contribution < 1.29 is 23.3 Å². The molecule has 4 rings (SSSR count). The van der Waals surface area contributed by atoms with Gasteiger partial charge >= 0.3 is 18.9 Å². The van der Waals surface area contributed by atoms with Crippen LogP contribution in [-0.2, 0) is 4.43 Å². The van der Waals surface area contributed by atoms with Crippen molar-refractivity contribution in [2.45, 2.75) is 58.4 Å². The van der Waals surface area contributed by atoms with E-state index in [1.54, 1.807) is 0 Å². The van der Waals surface area contributed by atoms with Crippen LogP contribution in [0.4, 0.5) is 0 Å². The van der Waals surface area contributed by atoms with Gasteiger partial charge in [0.2, 0.25) is 0 Å². The third kappa shape index (κ3) is 5.15. The number of rotatable bonds is 6. The molecule has 0 saturated heterocycles. The molecule has 1 nitrogen and oxygen atoms in total. The summed E-state index contributed by atoms with van der Waals surface area (Å²) >= 11 is 0. The second-order valence-electron chi connectivity index (χ2n) is 10.9. The third-order valence-corrected chi connectivity index (χ3v) is 16.4. The monoisotopic (exact) mass is 476 g/mol. The topological polar surface area (TPSA) is 9.23 Å². The Morgan fingerprint density at radius 3 is 1.44 bits per heavy atom. The molecule has 0 spiro atoms. The zero-order valence-electron chi connectivity index (χ0n) is 21.9. The molecular weight excluding hydrogens is 439 g/mol. The zero-order valence-corrected chi connectivity index (χ0v) is 23.9. The molecule has 0 amide bonds. The predicted octanol–water partition coefficient (Wildman–Crippen LogP) is 2.86. The Kier molecular flexibility index (Phi) is 8.38. The van der Waals surface area contributed by atoms with Gasteiger partial charge in [0.25, 0.3) is 0 Å². The van der Waals surface area contributed by atoms with E-state index < -0.39 is 16.4 Å². The predicted molar refractivity (Wildman–Crippen MR) is 147 cm³/mol. The Hall–Kier alpha value is -1.61. The summed E-state index contributed by atoms with van der Waals surface area (Å²) in [5.74, 6) is 0.503. The molecule has 0 bridgehead atoms. The van der Waals surface area contributed by atoms with Crippen LogP contribution < -0.4 is 34.4 Å². The van der Waals surface area contributed by atoms with Crippen molar-refractivity contribution >= 4 is 32.0 Å². The maximum absolute atomic E-state index is 6.94. The normalized spacial score (nSPS) is 19.9. The third-order valence-electron chi connectivity index (χ3n) is 7.64. The van der Waals surface area contributed by atoms with Crippen molar-refractivity contribution in [3.05, 3.63) is 102 Å². The maximum atomic E-state index is 6.94. The first-order valence-corrected chi connectivity index (χ1v) is 17.1. The van der Waals surface area contributed by atoms with Gasteiger partial charge in [-0.25, -0.2) is 5.57 Å². The summed E-state index contributed by atoms with van der Waals surface area (Å²) in [5, 5.41) is 4.32. The fraction of sp³-hybridized carbons (Fsp3) is 0.333. The van der Waals surface area contributed by atoms with Gasteiger partial charge in [0.05, 0.1) is 0 Å². The van der Waals surface area contributed by atoms with E-state index >= 15 is 0 Å². The Morgan fingerprint density at radius 2 is 1.12 bits per heavy atom. The molecule has 1 saturated carbocycles. The first kappa shape index (κ1) is 27.0. The van der Waals surface area contributed by atoms with E-state index in [1.165, 1.54) is 21.1 Å². The number of hydrogen-bond donors (Lipinski definition) is 0. The second-order valence-corrected chi connectivity index (χ2v) is 19.2. The average molecular weight is 477 g/mol. The van der Waals surface area contributed by atoms with Crippen LogP contribution in [0.25, 0.3) is 0 Å². The van der Waals surface area contributed by atoms with E-state index in [1.807, 2.05) is 0 Å². The molecule has 0 heterocycles. The van der Waals surface area contributed by atoms with Gasteiger partial charge in [-0.05, 0) is 24.6 Å². The fourth-order valence-corrected chi connectivity index (χ4v) is 10.2. The minimum atomic E-state index is -2.51. The molecule has 0 aliphatic heterocycles. The Balaban J connectivity index is 0.00000324. The van der Waals surface area contributed by atoms with Crippen LogP contribution in [0.1, 0.15) is 34.1 Å². The Morgan fingerprint density at radius 1 is 0.735 bits per heavy atom. The van der Waals surface area contributed by atoms with Crippen LogP contribution in [0.15, 0.2) is 96.6 Å². The van der Waals surface area contributed by atoms with E-state index in [0.717, 1.165) is 6.42 Å². The molecule has 0 N–H and O–H groups in total. The molecule has 1 fully saturated rings. The van der Waals surface area contributed by atoms with Gasteiger partial charge in [-0.2, -0.15) is 0 Å². The number of benzene rings is 3. The average Bonchev–Trinajstić information content (AvgIpc) is 2.80. The first-order valence-electron chi connectivity index (χ1n) is 12.1. The van der Waals surface area contributed by atoms with Gasteiger partial charge < -0.3 is 10.1 Å². The fourth-order valence-electron chi connectivity index (χ4n) is 4.58. The van der Waals surface area contributed by atoms with Gasteiger partial charge in [0.1, 0.15) is 0 Å². The summed E-state index contributed by atoms with van der Waals surface area (Å²) < 4.78 is 6.94. The van der Waals surface area contributed by atoms with Gasteiger partial charge in [-0.15, -0.1) is 0 Å². The van der Waals surface area contributed by atoms with Crippen LogP contribution >= 0.6 is 0 Å². The molecule has 0 aromatic heterocycles. The molecule has 1 aliphatic rings. The summed E-state index contributed by atoms with van der Waals surface area (Å²) in [4.78, 5) is 0. The molecule has 3 aromatic carbocycles. The molecule has 0 radical (unpaired) electrons. The first-order chi connectivity index (χ1) is 15.6. The van der Waals surface area contributed by atoms with Crippen molar-refractivity contribution in [3.8, 4) is 0 Å². The summed E-state index contributed by atoms with van der Waals surface area (Å²) in [7, 11) is -4.38. The Labute approximate surface area is 221 Å². The molecule has 2 atom stereocenters. The summed E-state index contributed by atoms with van der Waals surface area (Å²) in [6.45, 7) is 14.0. The summed E-state index contributed by atoms with van der Waals surface area (Å²) in [5.41, 5.74) is 5.62. The molecule has 34 heavy (non-hydrogen) atoms. The second kappa shape index (κ2) is 10.6. The molecule has 172 valence electrons. The Bertz CT molecular complexity index is 992. The summed E-state index contributed by atoms with van der Waals surface area (Å²) in [6, 6.07) is 33.1. The SMILES string of the molecule is C[C@H]1C[C@@H](O[Si](C)(C)C(C)(C)C)C1=[C-][Si](c1ccccc1)(c1ccccc1)c1ccccc1.[Li+]. The largest absolute Gasteiger partial charge is 1.00 e. The maximum Gasteiger partial charge on any atom is 1.00 e. The van der Waals surface area contributed by atoms with Crippen LogP contribution in [0, 0.1) is 11.6 Å². The molecule has 3 aromatic rings. The molecule has 4 heteroatoms. The van der Waals surface area contributed by atoms with E-state index in [9.17, 15) is 0 Å². The van der Waals surface area contributed by atoms with Crippen LogP contribution in [-0.4, -0.2) is 22.5 Å². The van der Waals surface area contributed by atoms with Crippen molar-refractivity contribution in [3.63, 3.8) is 0 Å². The zero-order chi connectivity index (χ0) is 23.7. The van der Waals surface area contributed by atoms with E-state index in [2.05, 4.69) is 137 Å². The van der Waals surface area contributed by atoms with E-state index in [0.29, 0.717) is 5.92 Å². The smallest absolute Gasteiger partial charge is 0.481 e. The van der Waals surface area contributed by atoms with Crippen molar-refractivity contribution in [1.82, 2.24) is 0 Å². The minimum absolute atomic E-state index is 0. The van der Waals surface area contributed by atoms with Gasteiger partial charge in [0, 0.05) is 14.2 Å². The summed E-state index contributed by atoms with van der Waals surface area (Å²) in [6.07, 6.45) is 1.28. The van der Waals surface area contributed by atoms with Crippen LogP contribution in [0.5, 0.6) is 0 Å². The van der Waals surface area contributed by atoms with Crippen molar-refractivity contribution in [2.75, 3.05) is 0 Å².